The monoisotopic (exact) mass is 286 g/mol. The fourth-order valence-corrected chi connectivity index (χ4v) is 2.30. The summed E-state index contributed by atoms with van der Waals surface area (Å²) in [5.74, 6) is -0.906. The molecule has 0 aliphatic heterocycles. The van der Waals surface area contributed by atoms with Crippen molar-refractivity contribution in [1.82, 2.24) is 0 Å². The number of phenolic OH excluding ortho intramolecular Hbond substituents is 1. The summed E-state index contributed by atoms with van der Waals surface area (Å²) in [7, 11) is 1.47. The van der Waals surface area contributed by atoms with Crippen LogP contribution in [0.1, 0.15) is 17.9 Å². The van der Waals surface area contributed by atoms with Crippen LogP contribution in [0.5, 0.6) is 11.5 Å². The molecule has 1 aliphatic carbocycles. The zero-order valence-corrected chi connectivity index (χ0v) is 10.2. The Bertz CT molecular complexity index is 444. The Labute approximate surface area is 101 Å². The Morgan fingerprint density at radius 2 is 2.25 bits per heavy atom. The van der Waals surface area contributed by atoms with Crippen LogP contribution >= 0.6 is 15.9 Å². The summed E-state index contributed by atoms with van der Waals surface area (Å²) < 4.78 is 5.78. The van der Waals surface area contributed by atoms with Gasteiger partial charge in [-0.2, -0.15) is 0 Å². The largest absolute Gasteiger partial charge is 0.504 e. The van der Waals surface area contributed by atoms with E-state index >= 15 is 0 Å². The van der Waals surface area contributed by atoms with Gasteiger partial charge in [-0.05, 0) is 18.6 Å². The van der Waals surface area contributed by atoms with Crippen LogP contribution in [0.3, 0.4) is 0 Å². The van der Waals surface area contributed by atoms with Crippen molar-refractivity contribution in [2.24, 2.45) is 5.92 Å². The van der Waals surface area contributed by atoms with Gasteiger partial charge < -0.3 is 14.9 Å². The number of benzene rings is 1. The quantitative estimate of drug-likeness (QED) is 0.895. The predicted molar refractivity (Wildman–Crippen MR) is 60.8 cm³/mol. The average molecular weight is 287 g/mol. The number of hydrogen-bond donors (Lipinski definition) is 2. The Morgan fingerprint density at radius 1 is 1.56 bits per heavy atom. The topological polar surface area (TPSA) is 66.8 Å². The van der Waals surface area contributed by atoms with Crippen LogP contribution in [0.2, 0.25) is 0 Å². The molecule has 1 aromatic rings. The molecule has 0 spiro atoms. The third-order valence-corrected chi connectivity index (χ3v) is 3.25. The minimum Gasteiger partial charge on any atom is -0.504 e. The zero-order chi connectivity index (χ0) is 11.9. The first-order valence-electron chi connectivity index (χ1n) is 4.83. The van der Waals surface area contributed by atoms with Crippen LogP contribution in [0.15, 0.2) is 16.6 Å². The SMILES string of the molecule is COc1cc(Br)cc(C2CC2C(=O)O)c1O. The highest BCUT2D eigenvalue weighted by Crippen LogP contribution is 2.52. The maximum absolute atomic E-state index is 10.8. The summed E-state index contributed by atoms with van der Waals surface area (Å²) in [4.78, 5) is 10.8. The molecule has 2 unspecified atom stereocenters. The van der Waals surface area contributed by atoms with Crippen molar-refractivity contribution in [2.45, 2.75) is 12.3 Å². The van der Waals surface area contributed by atoms with Crippen LogP contribution in [0.25, 0.3) is 0 Å². The summed E-state index contributed by atoms with van der Waals surface area (Å²) in [5.41, 5.74) is 0.638. The summed E-state index contributed by atoms with van der Waals surface area (Å²) in [6.45, 7) is 0. The molecule has 2 atom stereocenters. The molecule has 0 amide bonds. The highest BCUT2D eigenvalue weighted by atomic mass is 79.9. The molecule has 86 valence electrons. The van der Waals surface area contributed by atoms with Gasteiger partial charge in [0.2, 0.25) is 0 Å². The first kappa shape index (κ1) is 11.3. The molecule has 1 fully saturated rings. The van der Waals surface area contributed by atoms with Gasteiger partial charge in [0, 0.05) is 16.0 Å². The number of ether oxygens (including phenoxy) is 1. The van der Waals surface area contributed by atoms with E-state index in [1.807, 2.05) is 0 Å². The lowest BCUT2D eigenvalue weighted by Crippen LogP contribution is -1.99. The third-order valence-electron chi connectivity index (χ3n) is 2.80. The maximum Gasteiger partial charge on any atom is 0.307 e. The number of aromatic hydroxyl groups is 1. The van der Waals surface area contributed by atoms with E-state index in [2.05, 4.69) is 15.9 Å². The van der Waals surface area contributed by atoms with Gasteiger partial charge in [-0.1, -0.05) is 15.9 Å². The minimum absolute atomic E-state index is 0.0412. The molecule has 0 heterocycles. The molecule has 16 heavy (non-hydrogen) atoms. The van der Waals surface area contributed by atoms with E-state index in [4.69, 9.17) is 9.84 Å². The van der Waals surface area contributed by atoms with Gasteiger partial charge in [-0.15, -0.1) is 0 Å². The Kier molecular flexibility index (Phi) is 2.80. The number of halogens is 1. The fourth-order valence-electron chi connectivity index (χ4n) is 1.84. The van der Waals surface area contributed by atoms with Gasteiger partial charge in [0.25, 0.3) is 0 Å². The van der Waals surface area contributed by atoms with Gasteiger partial charge >= 0.3 is 5.97 Å². The van der Waals surface area contributed by atoms with E-state index in [0.717, 1.165) is 4.47 Å². The molecular weight excluding hydrogens is 276 g/mol. The molecule has 0 radical (unpaired) electrons. The smallest absolute Gasteiger partial charge is 0.307 e. The molecule has 4 nitrogen and oxygen atoms in total. The number of methoxy groups -OCH3 is 1. The number of carboxylic acids is 1. The van der Waals surface area contributed by atoms with Crippen molar-refractivity contribution in [3.8, 4) is 11.5 Å². The fraction of sp³-hybridized carbons (Fsp3) is 0.364. The van der Waals surface area contributed by atoms with Gasteiger partial charge in [0.1, 0.15) is 0 Å². The molecule has 1 aliphatic rings. The maximum atomic E-state index is 10.8. The lowest BCUT2D eigenvalue weighted by atomic mass is 10.1. The van der Waals surface area contributed by atoms with Crippen LogP contribution in [-0.2, 0) is 4.79 Å². The molecule has 1 aromatic carbocycles. The average Bonchev–Trinajstić information content (AvgIpc) is 3.00. The van der Waals surface area contributed by atoms with Gasteiger partial charge in [0.15, 0.2) is 11.5 Å². The highest BCUT2D eigenvalue weighted by Gasteiger charge is 2.45. The predicted octanol–water partition coefficient (Wildman–Crippen LogP) is 2.35. The Morgan fingerprint density at radius 3 is 2.75 bits per heavy atom. The number of hydrogen-bond acceptors (Lipinski definition) is 3. The second-order valence-corrected chi connectivity index (χ2v) is 4.75. The number of carbonyl (C=O) groups is 1. The Balaban J connectivity index is 2.35. The van der Waals surface area contributed by atoms with E-state index in [0.29, 0.717) is 17.7 Å². The molecular formula is C11H11BrO4. The third kappa shape index (κ3) is 1.87. The van der Waals surface area contributed by atoms with E-state index in [-0.39, 0.29) is 17.6 Å². The van der Waals surface area contributed by atoms with Crippen molar-refractivity contribution >= 4 is 21.9 Å². The molecule has 2 rings (SSSR count). The number of carboxylic acid groups (broad SMARTS) is 1. The number of phenols is 1. The van der Waals surface area contributed by atoms with E-state index in [1.54, 1.807) is 12.1 Å². The zero-order valence-electron chi connectivity index (χ0n) is 8.61. The lowest BCUT2D eigenvalue weighted by molar-refractivity contribution is -0.138. The first-order chi connectivity index (χ1) is 7.54. The molecule has 5 heteroatoms. The minimum atomic E-state index is -0.816. The van der Waals surface area contributed by atoms with Crippen molar-refractivity contribution in [1.29, 1.82) is 0 Å². The van der Waals surface area contributed by atoms with Crippen molar-refractivity contribution in [3.63, 3.8) is 0 Å². The highest BCUT2D eigenvalue weighted by molar-refractivity contribution is 9.10. The van der Waals surface area contributed by atoms with Crippen LogP contribution in [0.4, 0.5) is 0 Å². The summed E-state index contributed by atoms with van der Waals surface area (Å²) in [6.07, 6.45) is 0.572. The van der Waals surface area contributed by atoms with Crippen molar-refractivity contribution in [2.75, 3.05) is 7.11 Å². The number of rotatable bonds is 3. The molecule has 0 bridgehead atoms. The van der Waals surface area contributed by atoms with Crippen molar-refractivity contribution in [3.05, 3.63) is 22.2 Å². The van der Waals surface area contributed by atoms with Crippen LogP contribution in [-0.4, -0.2) is 23.3 Å². The van der Waals surface area contributed by atoms with Gasteiger partial charge in [-0.25, -0.2) is 0 Å². The van der Waals surface area contributed by atoms with Crippen molar-refractivity contribution < 1.29 is 19.7 Å². The summed E-state index contributed by atoms with van der Waals surface area (Å²) in [5, 5.41) is 18.7. The standard InChI is InChI=1S/C11H11BrO4/c1-16-9-3-5(12)2-7(10(9)13)6-4-8(6)11(14)15/h2-3,6,8,13H,4H2,1H3,(H,14,15). The summed E-state index contributed by atoms with van der Waals surface area (Å²) in [6, 6.07) is 3.39. The second kappa shape index (κ2) is 3.97. The normalized spacial score (nSPS) is 22.9. The molecule has 0 aromatic heterocycles. The van der Waals surface area contributed by atoms with E-state index in [9.17, 15) is 9.90 Å². The first-order valence-corrected chi connectivity index (χ1v) is 5.63. The molecule has 2 N–H and O–H groups in total. The second-order valence-electron chi connectivity index (χ2n) is 3.83. The Hall–Kier alpha value is -1.23. The summed E-state index contributed by atoms with van der Waals surface area (Å²) >= 11 is 3.30. The van der Waals surface area contributed by atoms with Crippen LogP contribution in [0, 0.1) is 5.92 Å². The van der Waals surface area contributed by atoms with E-state index in [1.165, 1.54) is 7.11 Å². The molecule has 0 saturated heterocycles. The van der Waals surface area contributed by atoms with Gasteiger partial charge in [-0.3, -0.25) is 4.79 Å². The molecule has 1 saturated carbocycles. The van der Waals surface area contributed by atoms with Crippen LogP contribution < -0.4 is 4.74 Å². The van der Waals surface area contributed by atoms with E-state index < -0.39 is 5.97 Å². The lowest BCUT2D eigenvalue weighted by Gasteiger charge is -2.09. The number of aliphatic carboxylic acids is 1. The van der Waals surface area contributed by atoms with Gasteiger partial charge in [0.05, 0.1) is 13.0 Å².